The predicted molar refractivity (Wildman–Crippen MR) is 78.8 cm³/mol. The fourth-order valence-electron chi connectivity index (χ4n) is 2.24. The monoisotopic (exact) mass is 291 g/mol. The number of ether oxygens (including phenoxy) is 1. The number of fused-ring (bicyclic) bond motifs is 1. The van der Waals surface area contributed by atoms with E-state index in [0.717, 1.165) is 16.2 Å². The maximum atomic E-state index is 12.3. The summed E-state index contributed by atoms with van der Waals surface area (Å²) < 4.78 is 5.27. The molecular weight excluding hydrogens is 274 g/mol. The Labute approximate surface area is 121 Å². The molecule has 2 heterocycles. The van der Waals surface area contributed by atoms with Gasteiger partial charge in [0.2, 0.25) is 5.91 Å². The predicted octanol–water partition coefficient (Wildman–Crippen LogP) is 1.90. The Bertz CT molecular complexity index is 574. The van der Waals surface area contributed by atoms with Gasteiger partial charge in [-0.05, 0) is 19.1 Å². The van der Waals surface area contributed by atoms with Crippen LogP contribution in [0.15, 0.2) is 29.4 Å². The highest BCUT2D eigenvalue weighted by molar-refractivity contribution is 8.00. The van der Waals surface area contributed by atoms with Crippen LogP contribution >= 0.6 is 11.8 Å². The van der Waals surface area contributed by atoms with Crippen LogP contribution in [0.3, 0.4) is 0 Å². The number of amides is 1. The van der Waals surface area contributed by atoms with Crippen LogP contribution < -0.4 is 0 Å². The van der Waals surface area contributed by atoms with Gasteiger partial charge in [0.25, 0.3) is 0 Å². The quantitative estimate of drug-likeness (QED) is 0.878. The van der Waals surface area contributed by atoms with E-state index in [2.05, 4.69) is 9.97 Å². The van der Waals surface area contributed by atoms with Crippen molar-refractivity contribution in [1.82, 2.24) is 14.9 Å². The number of thioether (sulfide) groups is 1. The molecule has 1 N–H and O–H groups in total. The van der Waals surface area contributed by atoms with Crippen LogP contribution in [0.25, 0.3) is 11.0 Å². The molecule has 6 heteroatoms. The van der Waals surface area contributed by atoms with Gasteiger partial charge in [0.15, 0.2) is 5.16 Å². The minimum absolute atomic E-state index is 0.145. The van der Waals surface area contributed by atoms with Crippen LogP contribution in [-0.4, -0.2) is 52.3 Å². The lowest BCUT2D eigenvalue weighted by Crippen LogP contribution is -2.44. The highest BCUT2D eigenvalue weighted by atomic mass is 32.2. The van der Waals surface area contributed by atoms with Crippen molar-refractivity contribution in [2.45, 2.75) is 17.3 Å². The average molecular weight is 291 g/mol. The molecule has 106 valence electrons. The van der Waals surface area contributed by atoms with E-state index in [1.807, 2.05) is 36.1 Å². The molecule has 0 aliphatic carbocycles. The molecule has 1 saturated heterocycles. The molecule has 1 aromatic heterocycles. The number of morpholine rings is 1. The van der Waals surface area contributed by atoms with E-state index in [1.54, 1.807) is 0 Å². The normalized spacial score (nSPS) is 17.4. The summed E-state index contributed by atoms with van der Waals surface area (Å²) in [4.78, 5) is 21.9. The first-order valence-electron chi connectivity index (χ1n) is 6.72. The van der Waals surface area contributed by atoms with Crippen LogP contribution in [0, 0.1) is 0 Å². The lowest BCUT2D eigenvalue weighted by molar-refractivity contribution is -0.134. The molecule has 1 aromatic carbocycles. The maximum Gasteiger partial charge on any atom is 0.236 e. The molecule has 1 atom stereocenters. The first kappa shape index (κ1) is 13.5. The van der Waals surface area contributed by atoms with Gasteiger partial charge in [-0.2, -0.15) is 0 Å². The maximum absolute atomic E-state index is 12.3. The molecular formula is C14H17N3O2S. The summed E-state index contributed by atoms with van der Waals surface area (Å²) in [5.74, 6) is 0.152. The molecule has 20 heavy (non-hydrogen) atoms. The summed E-state index contributed by atoms with van der Waals surface area (Å²) in [6.45, 7) is 4.56. The topological polar surface area (TPSA) is 58.2 Å². The van der Waals surface area contributed by atoms with Crippen molar-refractivity contribution in [1.29, 1.82) is 0 Å². The number of aromatic nitrogens is 2. The van der Waals surface area contributed by atoms with E-state index in [-0.39, 0.29) is 11.2 Å². The molecule has 0 spiro atoms. The van der Waals surface area contributed by atoms with E-state index in [9.17, 15) is 4.79 Å². The molecule has 1 aliphatic heterocycles. The zero-order valence-corrected chi connectivity index (χ0v) is 12.2. The number of hydrogen-bond donors (Lipinski definition) is 1. The first-order valence-corrected chi connectivity index (χ1v) is 7.60. The van der Waals surface area contributed by atoms with Crippen molar-refractivity contribution in [2.75, 3.05) is 26.3 Å². The lowest BCUT2D eigenvalue weighted by Gasteiger charge is -2.28. The second-order valence-corrected chi connectivity index (χ2v) is 6.09. The molecule has 0 saturated carbocycles. The summed E-state index contributed by atoms with van der Waals surface area (Å²) in [6.07, 6.45) is 0. The Balaban J connectivity index is 1.68. The highest BCUT2D eigenvalue weighted by Crippen LogP contribution is 2.24. The van der Waals surface area contributed by atoms with Gasteiger partial charge in [0.1, 0.15) is 0 Å². The average Bonchev–Trinajstić information content (AvgIpc) is 2.89. The number of para-hydroxylation sites is 2. The minimum Gasteiger partial charge on any atom is -0.378 e. The Kier molecular flexibility index (Phi) is 3.93. The van der Waals surface area contributed by atoms with Gasteiger partial charge in [0.05, 0.1) is 29.5 Å². The summed E-state index contributed by atoms with van der Waals surface area (Å²) in [5.41, 5.74) is 1.93. The number of rotatable bonds is 3. The molecule has 0 unspecified atom stereocenters. The van der Waals surface area contributed by atoms with Crippen LogP contribution in [0.2, 0.25) is 0 Å². The van der Waals surface area contributed by atoms with E-state index >= 15 is 0 Å². The second-order valence-electron chi connectivity index (χ2n) is 4.76. The van der Waals surface area contributed by atoms with Crippen LogP contribution in [0.1, 0.15) is 6.92 Å². The van der Waals surface area contributed by atoms with Crippen molar-refractivity contribution in [3.05, 3.63) is 24.3 Å². The molecule has 3 rings (SSSR count). The van der Waals surface area contributed by atoms with Gasteiger partial charge in [-0.1, -0.05) is 23.9 Å². The van der Waals surface area contributed by atoms with Crippen molar-refractivity contribution >= 4 is 28.7 Å². The van der Waals surface area contributed by atoms with Crippen LogP contribution in [0.4, 0.5) is 0 Å². The Morgan fingerprint density at radius 3 is 2.90 bits per heavy atom. The van der Waals surface area contributed by atoms with Gasteiger partial charge in [0, 0.05) is 13.1 Å². The number of carbonyl (C=O) groups is 1. The number of aromatic amines is 1. The van der Waals surface area contributed by atoms with Crippen molar-refractivity contribution in [3.63, 3.8) is 0 Å². The summed E-state index contributed by atoms with van der Waals surface area (Å²) >= 11 is 1.47. The van der Waals surface area contributed by atoms with Crippen molar-refractivity contribution < 1.29 is 9.53 Å². The number of imidazole rings is 1. The number of carbonyl (C=O) groups excluding carboxylic acids is 1. The summed E-state index contributed by atoms with van der Waals surface area (Å²) in [6, 6.07) is 7.88. The standard InChI is InChI=1S/C14H17N3O2S/c1-10(13(18)17-6-8-19-9-7-17)20-14-15-11-4-2-3-5-12(11)16-14/h2-5,10H,6-9H2,1H3,(H,15,16)/t10-/m1/s1. The van der Waals surface area contributed by atoms with E-state index < -0.39 is 0 Å². The zero-order chi connectivity index (χ0) is 13.9. The molecule has 0 radical (unpaired) electrons. The van der Waals surface area contributed by atoms with Gasteiger partial charge < -0.3 is 14.6 Å². The number of nitrogens with one attached hydrogen (secondary N) is 1. The molecule has 1 amide bonds. The van der Waals surface area contributed by atoms with Gasteiger partial charge >= 0.3 is 0 Å². The van der Waals surface area contributed by atoms with Crippen LogP contribution in [-0.2, 0) is 9.53 Å². The molecule has 5 nitrogen and oxygen atoms in total. The highest BCUT2D eigenvalue weighted by Gasteiger charge is 2.24. The second kappa shape index (κ2) is 5.85. The van der Waals surface area contributed by atoms with Crippen molar-refractivity contribution in [2.24, 2.45) is 0 Å². The van der Waals surface area contributed by atoms with E-state index in [0.29, 0.717) is 26.3 Å². The molecule has 2 aromatic rings. The molecule has 0 bridgehead atoms. The van der Waals surface area contributed by atoms with Crippen molar-refractivity contribution in [3.8, 4) is 0 Å². The number of H-pyrrole nitrogens is 1. The largest absolute Gasteiger partial charge is 0.378 e. The molecule has 1 aliphatic rings. The van der Waals surface area contributed by atoms with Crippen LogP contribution in [0.5, 0.6) is 0 Å². The SMILES string of the molecule is C[C@@H](Sc1nc2ccccc2[nH]1)C(=O)N1CCOCC1. The number of hydrogen-bond acceptors (Lipinski definition) is 4. The number of benzene rings is 1. The summed E-state index contributed by atoms with van der Waals surface area (Å²) in [7, 11) is 0. The van der Waals surface area contributed by atoms with Gasteiger partial charge in [-0.25, -0.2) is 4.98 Å². The fraction of sp³-hybridized carbons (Fsp3) is 0.429. The zero-order valence-electron chi connectivity index (χ0n) is 11.3. The Morgan fingerprint density at radius 1 is 1.40 bits per heavy atom. The Hall–Kier alpha value is -1.53. The summed E-state index contributed by atoms with van der Waals surface area (Å²) in [5, 5.41) is 0.647. The third-order valence-electron chi connectivity index (χ3n) is 3.33. The van der Waals surface area contributed by atoms with E-state index in [4.69, 9.17) is 4.74 Å². The third-order valence-corrected chi connectivity index (χ3v) is 4.30. The minimum atomic E-state index is -0.145. The fourth-order valence-corrected chi connectivity index (χ4v) is 3.15. The smallest absolute Gasteiger partial charge is 0.236 e. The Morgan fingerprint density at radius 2 is 2.15 bits per heavy atom. The van der Waals surface area contributed by atoms with Gasteiger partial charge in [-0.15, -0.1) is 0 Å². The lowest BCUT2D eigenvalue weighted by atomic mass is 10.3. The van der Waals surface area contributed by atoms with Gasteiger partial charge in [-0.3, -0.25) is 4.79 Å². The molecule has 1 fully saturated rings. The third kappa shape index (κ3) is 2.81. The first-order chi connectivity index (χ1) is 9.74. The van der Waals surface area contributed by atoms with E-state index in [1.165, 1.54) is 11.8 Å². The number of nitrogens with zero attached hydrogens (tertiary/aromatic N) is 2.